The third-order valence-electron chi connectivity index (χ3n) is 5.14. The number of halogens is 2. The Bertz CT molecular complexity index is 321. The molecule has 0 aromatic carbocycles. The fraction of sp³-hybridized carbons (Fsp3) is 0.875. The number of hydrogen-bond acceptors (Lipinski definition) is 0. The van der Waals surface area contributed by atoms with Crippen LogP contribution in [0.1, 0.15) is 59.3 Å². The maximum Gasteiger partial charge on any atom is 0.117 e. The van der Waals surface area contributed by atoms with Crippen molar-refractivity contribution in [1.29, 1.82) is 0 Å². The van der Waals surface area contributed by atoms with Crippen LogP contribution in [0.5, 0.6) is 0 Å². The van der Waals surface area contributed by atoms with E-state index >= 15 is 4.39 Å². The quantitative estimate of drug-likeness (QED) is 0.336. The normalized spacial score (nSPS) is 46.4. The lowest BCUT2D eigenvalue weighted by Crippen LogP contribution is -2.39. The Morgan fingerprint density at radius 1 is 1.17 bits per heavy atom. The van der Waals surface area contributed by atoms with Gasteiger partial charge < -0.3 is 0 Å². The third kappa shape index (κ3) is 2.76. The van der Waals surface area contributed by atoms with Gasteiger partial charge in [-0.25, -0.2) is 4.39 Å². The van der Waals surface area contributed by atoms with Crippen molar-refractivity contribution in [3.05, 3.63) is 11.6 Å². The van der Waals surface area contributed by atoms with Gasteiger partial charge in [-0.15, -0.1) is 11.6 Å². The first kappa shape index (κ1) is 14.4. The van der Waals surface area contributed by atoms with E-state index in [4.69, 9.17) is 11.6 Å². The van der Waals surface area contributed by atoms with Crippen LogP contribution in [-0.2, 0) is 0 Å². The van der Waals surface area contributed by atoms with E-state index in [2.05, 4.69) is 19.9 Å². The van der Waals surface area contributed by atoms with E-state index in [0.717, 1.165) is 38.5 Å². The van der Waals surface area contributed by atoms with E-state index in [9.17, 15) is 0 Å². The summed E-state index contributed by atoms with van der Waals surface area (Å²) >= 11 is 6.47. The second-order valence-corrected chi connectivity index (χ2v) is 7.10. The smallest absolute Gasteiger partial charge is 0.117 e. The molecule has 0 radical (unpaired) electrons. The molecule has 0 bridgehead atoms. The van der Waals surface area contributed by atoms with Gasteiger partial charge in [0.05, 0.1) is 5.38 Å². The highest BCUT2D eigenvalue weighted by Gasteiger charge is 2.44. The zero-order chi connectivity index (χ0) is 13.3. The van der Waals surface area contributed by atoms with E-state index < -0.39 is 5.67 Å². The van der Waals surface area contributed by atoms with Gasteiger partial charge >= 0.3 is 0 Å². The minimum atomic E-state index is -1.09. The maximum atomic E-state index is 15.2. The molecule has 0 amide bonds. The summed E-state index contributed by atoms with van der Waals surface area (Å²) in [5.41, 5.74) is 0.112. The molecular weight excluding hydrogens is 247 g/mol. The zero-order valence-electron chi connectivity index (χ0n) is 11.9. The largest absolute Gasteiger partial charge is 0.243 e. The first-order valence-electron chi connectivity index (χ1n) is 7.47. The summed E-state index contributed by atoms with van der Waals surface area (Å²) < 4.78 is 15.2. The minimum absolute atomic E-state index is 0.0419. The van der Waals surface area contributed by atoms with Crippen LogP contribution in [0.15, 0.2) is 11.6 Å². The molecular formula is C16H26ClF. The van der Waals surface area contributed by atoms with Crippen molar-refractivity contribution >= 4 is 11.6 Å². The third-order valence-corrected chi connectivity index (χ3v) is 5.61. The highest BCUT2D eigenvalue weighted by atomic mass is 35.5. The molecule has 2 aliphatic rings. The number of hydrogen-bond donors (Lipinski definition) is 0. The average molecular weight is 273 g/mol. The van der Waals surface area contributed by atoms with Crippen molar-refractivity contribution in [2.24, 2.45) is 17.8 Å². The number of alkyl halides is 2. The summed E-state index contributed by atoms with van der Waals surface area (Å²) in [6.45, 7) is 6.09. The Morgan fingerprint density at radius 2 is 1.83 bits per heavy atom. The molecule has 0 aliphatic heterocycles. The van der Waals surface area contributed by atoms with Gasteiger partial charge in [0.1, 0.15) is 5.67 Å². The van der Waals surface area contributed by atoms with Crippen molar-refractivity contribution in [3.8, 4) is 0 Å². The fourth-order valence-electron chi connectivity index (χ4n) is 3.63. The van der Waals surface area contributed by atoms with Gasteiger partial charge in [-0.05, 0) is 50.0 Å². The summed E-state index contributed by atoms with van der Waals surface area (Å²) in [4.78, 5) is 0. The molecule has 5 atom stereocenters. The highest BCUT2D eigenvalue weighted by Crippen LogP contribution is 2.46. The van der Waals surface area contributed by atoms with Crippen LogP contribution in [0, 0.1) is 17.8 Å². The van der Waals surface area contributed by atoms with Gasteiger partial charge in [0.2, 0.25) is 0 Å². The molecule has 2 heteroatoms. The SMILES string of the molecule is CC1CCCCC(C2=C[C@H](C)CCC2Cl)C1(C)F. The van der Waals surface area contributed by atoms with Crippen molar-refractivity contribution in [2.75, 3.05) is 0 Å². The molecule has 0 N–H and O–H groups in total. The first-order valence-corrected chi connectivity index (χ1v) is 7.91. The lowest BCUT2D eigenvalue weighted by molar-refractivity contribution is 0.0589. The summed E-state index contributed by atoms with van der Waals surface area (Å²) in [5, 5.41) is 0.0616. The molecule has 0 saturated heterocycles. The molecule has 0 nitrogen and oxygen atoms in total. The van der Waals surface area contributed by atoms with Gasteiger partial charge in [-0.3, -0.25) is 0 Å². The molecule has 0 aromatic rings. The molecule has 2 aliphatic carbocycles. The first-order chi connectivity index (χ1) is 8.43. The van der Waals surface area contributed by atoms with Gasteiger partial charge in [0.15, 0.2) is 0 Å². The molecule has 104 valence electrons. The Morgan fingerprint density at radius 3 is 2.56 bits per heavy atom. The summed E-state index contributed by atoms with van der Waals surface area (Å²) in [5.74, 6) is 0.747. The van der Waals surface area contributed by atoms with Crippen molar-refractivity contribution in [1.82, 2.24) is 0 Å². The van der Waals surface area contributed by atoms with Gasteiger partial charge in [0.25, 0.3) is 0 Å². The highest BCUT2D eigenvalue weighted by molar-refractivity contribution is 6.22. The average Bonchev–Trinajstić information content (AvgIpc) is 2.43. The Kier molecular flexibility index (Phi) is 4.41. The molecule has 0 heterocycles. The monoisotopic (exact) mass is 272 g/mol. The van der Waals surface area contributed by atoms with E-state index in [1.54, 1.807) is 6.92 Å². The lowest BCUT2D eigenvalue weighted by Gasteiger charge is -2.38. The molecule has 1 saturated carbocycles. The molecule has 2 rings (SSSR count). The van der Waals surface area contributed by atoms with E-state index in [-0.39, 0.29) is 17.2 Å². The van der Waals surface area contributed by atoms with Crippen LogP contribution in [0.25, 0.3) is 0 Å². The van der Waals surface area contributed by atoms with Crippen molar-refractivity contribution in [3.63, 3.8) is 0 Å². The summed E-state index contributed by atoms with van der Waals surface area (Å²) in [6.07, 6.45) is 8.70. The summed E-state index contributed by atoms with van der Waals surface area (Å²) in [6, 6.07) is 0. The Balaban J connectivity index is 2.28. The lowest BCUT2D eigenvalue weighted by atomic mass is 9.72. The minimum Gasteiger partial charge on any atom is -0.243 e. The topological polar surface area (TPSA) is 0 Å². The van der Waals surface area contributed by atoms with Gasteiger partial charge in [-0.1, -0.05) is 32.8 Å². The predicted octanol–water partition coefficient (Wildman–Crippen LogP) is 5.50. The molecule has 1 fully saturated rings. The van der Waals surface area contributed by atoms with Crippen LogP contribution < -0.4 is 0 Å². The Hall–Kier alpha value is -0.0400. The van der Waals surface area contributed by atoms with Crippen LogP contribution in [0.4, 0.5) is 4.39 Å². The number of rotatable bonds is 1. The van der Waals surface area contributed by atoms with E-state index in [1.807, 2.05) is 0 Å². The summed E-state index contributed by atoms with van der Waals surface area (Å²) in [7, 11) is 0. The maximum absolute atomic E-state index is 15.2. The predicted molar refractivity (Wildman–Crippen MR) is 76.8 cm³/mol. The van der Waals surface area contributed by atoms with Crippen LogP contribution in [0.3, 0.4) is 0 Å². The van der Waals surface area contributed by atoms with Crippen LogP contribution >= 0.6 is 11.6 Å². The molecule has 0 aromatic heterocycles. The number of allylic oxidation sites excluding steroid dienone is 2. The molecule has 18 heavy (non-hydrogen) atoms. The Labute approximate surface area is 116 Å². The van der Waals surface area contributed by atoms with E-state index in [1.165, 1.54) is 5.57 Å². The second kappa shape index (κ2) is 5.53. The van der Waals surface area contributed by atoms with Crippen LogP contribution in [0.2, 0.25) is 0 Å². The molecule has 4 unspecified atom stereocenters. The van der Waals surface area contributed by atoms with Gasteiger partial charge in [0, 0.05) is 5.92 Å². The van der Waals surface area contributed by atoms with Crippen molar-refractivity contribution in [2.45, 2.75) is 70.3 Å². The van der Waals surface area contributed by atoms with Gasteiger partial charge in [-0.2, -0.15) is 0 Å². The standard InChI is InChI=1S/C16H26ClF/c1-11-8-9-15(17)13(10-11)14-7-5-4-6-12(2)16(14,3)18/h10-12,14-15H,4-9H2,1-3H3/t11-,12?,14?,15?,16?/m1/s1. The second-order valence-electron chi connectivity index (χ2n) is 6.58. The van der Waals surface area contributed by atoms with E-state index in [0.29, 0.717) is 5.92 Å². The molecule has 0 spiro atoms. The van der Waals surface area contributed by atoms with Crippen molar-refractivity contribution < 1.29 is 4.39 Å². The fourth-order valence-corrected chi connectivity index (χ4v) is 3.98. The zero-order valence-corrected chi connectivity index (χ0v) is 12.6. The van der Waals surface area contributed by atoms with Crippen LogP contribution in [-0.4, -0.2) is 11.0 Å².